The van der Waals surface area contributed by atoms with Crippen LogP contribution in [0.15, 0.2) is 0 Å². The molecule has 0 rings (SSSR count). The van der Waals surface area contributed by atoms with Gasteiger partial charge in [-0.3, -0.25) is 13.7 Å². The van der Waals surface area contributed by atoms with Crippen LogP contribution in [0, 0.1) is 0 Å². The Hall–Kier alpha value is 0.170. The molecule has 10 nitrogen and oxygen atoms in total. The predicted octanol–water partition coefficient (Wildman–Crippen LogP) is -0.564. The van der Waals surface area contributed by atoms with Crippen molar-refractivity contribution in [3.63, 3.8) is 0 Å². The molecule has 0 aliphatic rings. The normalized spacial score (nSPS) is 14.6. The molecule has 0 fully saturated rings. The maximum absolute atomic E-state index is 10.9. The number of aliphatic hydroxyl groups is 1. The van der Waals surface area contributed by atoms with E-state index in [4.69, 9.17) is 24.1 Å². The molecule has 0 aromatic heterocycles. The summed E-state index contributed by atoms with van der Waals surface area (Å²) in [5.74, 6) is -0.586. The van der Waals surface area contributed by atoms with Crippen molar-refractivity contribution in [2.24, 2.45) is 0 Å². The molecule has 0 bridgehead atoms. The average Bonchev–Trinajstić information content (AvgIpc) is 2.11. The van der Waals surface area contributed by atoms with Gasteiger partial charge in [0.2, 0.25) is 0 Å². The third kappa shape index (κ3) is 5.99. The second-order valence-electron chi connectivity index (χ2n) is 3.96. The van der Waals surface area contributed by atoms with Gasteiger partial charge in [-0.05, 0) is 19.3 Å². The Morgan fingerprint density at radius 1 is 0.895 bits per heavy atom. The van der Waals surface area contributed by atoms with Crippen molar-refractivity contribution >= 4 is 25.3 Å². The van der Waals surface area contributed by atoms with E-state index in [2.05, 4.69) is 0 Å². The summed E-state index contributed by atoms with van der Waals surface area (Å²) in [4.78, 5) is 35.2. The lowest BCUT2D eigenvalue weighted by molar-refractivity contribution is 0.120. The van der Waals surface area contributed by atoms with Gasteiger partial charge in [0.25, 0.3) is 15.2 Å². The van der Waals surface area contributed by atoms with E-state index < -0.39 is 42.6 Å². The molecule has 0 aromatic rings. The Balaban J connectivity index is 4.58. The van der Waals surface area contributed by atoms with Gasteiger partial charge in [0.05, 0.1) is 5.75 Å². The summed E-state index contributed by atoms with van der Waals surface area (Å²) >= 11 is 0. The molecule has 0 aromatic carbocycles. The van der Waals surface area contributed by atoms with E-state index in [0.29, 0.717) is 0 Å². The van der Waals surface area contributed by atoms with Crippen LogP contribution in [0.1, 0.15) is 25.7 Å². The molecule has 0 saturated carbocycles. The summed E-state index contributed by atoms with van der Waals surface area (Å²) in [5, 5.41) is 5.98. The van der Waals surface area contributed by atoms with Gasteiger partial charge in [0.1, 0.15) is 0 Å². The molecule has 0 atom stereocenters. The van der Waals surface area contributed by atoms with Crippen molar-refractivity contribution in [1.29, 1.82) is 0 Å². The monoisotopic (exact) mass is 342 g/mol. The highest BCUT2D eigenvalue weighted by Gasteiger charge is 2.58. The van der Waals surface area contributed by atoms with E-state index in [0.717, 1.165) is 0 Å². The first-order chi connectivity index (χ1) is 8.21. The fourth-order valence-electron chi connectivity index (χ4n) is 1.28. The van der Waals surface area contributed by atoms with Crippen LogP contribution >= 0.6 is 15.2 Å². The molecule has 0 unspecified atom stereocenters. The Kier molecular flexibility index (Phi) is 6.35. The molecule has 19 heavy (non-hydrogen) atoms. The minimum Gasteiger partial charge on any atom is -0.368 e. The lowest BCUT2D eigenvalue weighted by Gasteiger charge is -2.29. The van der Waals surface area contributed by atoms with Gasteiger partial charge in [0, 0.05) is 0 Å². The zero-order valence-corrected chi connectivity index (χ0v) is 12.3. The summed E-state index contributed by atoms with van der Waals surface area (Å²) in [7, 11) is -15.1. The summed E-state index contributed by atoms with van der Waals surface area (Å²) in [6.45, 7) is 0. The topological polar surface area (TPSA) is 190 Å². The summed E-state index contributed by atoms with van der Waals surface area (Å²) < 4.78 is 51.0. The first-order valence-corrected chi connectivity index (χ1v) is 9.83. The van der Waals surface area contributed by atoms with Gasteiger partial charge in [-0.25, -0.2) is 0 Å². The molecular formula is C6H16O10P2S. The first-order valence-electron chi connectivity index (χ1n) is 4.99. The zero-order chi connectivity index (χ0) is 15.5. The molecular weight excluding hydrogens is 326 g/mol. The minimum atomic E-state index is -5.47. The molecule has 0 aliphatic heterocycles. The Morgan fingerprint density at radius 2 is 1.32 bits per heavy atom. The van der Waals surface area contributed by atoms with E-state index in [1.807, 2.05) is 0 Å². The van der Waals surface area contributed by atoms with Gasteiger partial charge in [-0.1, -0.05) is 6.42 Å². The maximum Gasteiger partial charge on any atom is 0.369 e. The van der Waals surface area contributed by atoms with Crippen LogP contribution in [0.5, 0.6) is 0 Å². The van der Waals surface area contributed by atoms with Crippen molar-refractivity contribution in [3.8, 4) is 0 Å². The molecule has 0 heterocycles. The van der Waals surface area contributed by atoms with Gasteiger partial charge < -0.3 is 24.7 Å². The van der Waals surface area contributed by atoms with E-state index in [1.165, 1.54) is 0 Å². The Labute approximate surface area is 109 Å². The standard InChI is InChI=1S/C6H16O10P2S/c7-6(17(8,9)10,18(11,12)13)4-2-1-3-5-19(14,15)16/h7H,1-5H2,(H2,8,9,10)(H2,11,12,13)(H,14,15,16). The van der Waals surface area contributed by atoms with Crippen LogP contribution in [0.4, 0.5) is 0 Å². The highest BCUT2D eigenvalue weighted by atomic mass is 32.2. The minimum absolute atomic E-state index is 0.00208. The second-order valence-corrected chi connectivity index (χ2v) is 9.54. The highest BCUT2D eigenvalue weighted by Crippen LogP contribution is 2.69. The van der Waals surface area contributed by atoms with Gasteiger partial charge in [0.15, 0.2) is 0 Å². The SMILES string of the molecule is O=P(O)(O)C(O)(CCCCCS(=O)(=O)O)P(=O)(O)O. The van der Waals surface area contributed by atoms with E-state index in [9.17, 15) is 22.7 Å². The lowest BCUT2D eigenvalue weighted by Crippen LogP contribution is -2.28. The molecule has 0 radical (unpaired) electrons. The predicted molar refractivity (Wildman–Crippen MR) is 63.9 cm³/mol. The van der Waals surface area contributed by atoms with Crippen LogP contribution in [-0.4, -0.2) is 48.5 Å². The molecule has 13 heteroatoms. The van der Waals surface area contributed by atoms with Crippen molar-refractivity contribution in [1.82, 2.24) is 0 Å². The van der Waals surface area contributed by atoms with Gasteiger partial charge >= 0.3 is 15.2 Å². The van der Waals surface area contributed by atoms with E-state index in [-0.39, 0.29) is 19.3 Å². The largest absolute Gasteiger partial charge is 0.369 e. The molecule has 0 aliphatic carbocycles. The van der Waals surface area contributed by atoms with E-state index >= 15 is 0 Å². The maximum atomic E-state index is 10.9. The average molecular weight is 342 g/mol. The smallest absolute Gasteiger partial charge is 0.368 e. The summed E-state index contributed by atoms with van der Waals surface area (Å²) in [6.07, 6.45) is -1.20. The second kappa shape index (κ2) is 6.30. The third-order valence-electron chi connectivity index (χ3n) is 2.35. The van der Waals surface area contributed by atoms with Crippen molar-refractivity contribution in [2.75, 3.05) is 5.75 Å². The van der Waals surface area contributed by atoms with Crippen LogP contribution in [0.3, 0.4) is 0 Å². The third-order valence-corrected chi connectivity index (χ3v) is 7.03. The summed E-state index contributed by atoms with van der Waals surface area (Å²) in [5.41, 5.74) is 0. The van der Waals surface area contributed by atoms with Crippen molar-refractivity contribution in [2.45, 2.75) is 30.8 Å². The van der Waals surface area contributed by atoms with Gasteiger partial charge in [-0.15, -0.1) is 0 Å². The Bertz CT molecular complexity index is 464. The summed E-state index contributed by atoms with van der Waals surface area (Å²) in [6, 6.07) is 0. The highest BCUT2D eigenvalue weighted by molar-refractivity contribution is 7.85. The fraction of sp³-hybridized carbons (Fsp3) is 1.00. The van der Waals surface area contributed by atoms with Crippen molar-refractivity contribution < 1.29 is 46.8 Å². The molecule has 0 saturated heterocycles. The van der Waals surface area contributed by atoms with Crippen LogP contribution in [0.25, 0.3) is 0 Å². The quantitative estimate of drug-likeness (QED) is 0.189. The molecule has 116 valence electrons. The lowest BCUT2D eigenvalue weighted by atomic mass is 10.2. The fourth-order valence-corrected chi connectivity index (χ4v) is 4.11. The van der Waals surface area contributed by atoms with Crippen LogP contribution in [-0.2, 0) is 19.2 Å². The van der Waals surface area contributed by atoms with Crippen LogP contribution in [0.2, 0.25) is 0 Å². The number of rotatable bonds is 8. The molecule has 0 amide bonds. The van der Waals surface area contributed by atoms with Gasteiger partial charge in [-0.2, -0.15) is 8.42 Å². The van der Waals surface area contributed by atoms with Crippen molar-refractivity contribution in [3.05, 3.63) is 0 Å². The number of hydrogen-bond acceptors (Lipinski definition) is 5. The number of hydrogen-bond donors (Lipinski definition) is 6. The molecule has 0 spiro atoms. The molecule has 6 N–H and O–H groups in total. The first kappa shape index (κ1) is 19.2. The number of unbranched alkanes of at least 4 members (excludes halogenated alkanes) is 2. The Morgan fingerprint density at radius 3 is 1.63 bits per heavy atom. The zero-order valence-electron chi connectivity index (χ0n) is 9.65. The van der Waals surface area contributed by atoms with E-state index in [1.54, 1.807) is 0 Å². The van der Waals surface area contributed by atoms with Crippen LogP contribution < -0.4 is 0 Å².